The second-order valence-electron chi connectivity index (χ2n) is 5.30. The molecule has 0 saturated heterocycles. The molecule has 3 rings (SSSR count). The van der Waals surface area contributed by atoms with E-state index in [1.165, 1.54) is 18.2 Å². The Labute approximate surface area is 142 Å². The number of hydrogen-bond acceptors (Lipinski definition) is 4. The van der Waals surface area contributed by atoms with Gasteiger partial charge in [-0.05, 0) is 30.7 Å². The minimum atomic E-state index is -0.588. The van der Waals surface area contributed by atoms with E-state index in [0.717, 1.165) is 11.2 Å². The lowest BCUT2D eigenvalue weighted by atomic mass is 10.2. The number of rotatable bonds is 4. The normalized spacial score (nSPS) is 10.8. The van der Waals surface area contributed by atoms with Crippen molar-refractivity contribution in [3.05, 3.63) is 69.1 Å². The van der Waals surface area contributed by atoms with Gasteiger partial charge in [-0.1, -0.05) is 17.7 Å². The van der Waals surface area contributed by atoms with Crippen LogP contribution in [-0.4, -0.2) is 20.2 Å². The Morgan fingerprint density at radius 1 is 1.42 bits per heavy atom. The number of pyridine rings is 1. The molecule has 0 atom stereocenters. The molecule has 24 heavy (non-hydrogen) atoms. The van der Waals surface area contributed by atoms with Gasteiger partial charge in [-0.25, -0.2) is 4.98 Å². The molecule has 2 heterocycles. The van der Waals surface area contributed by atoms with Gasteiger partial charge in [0.25, 0.3) is 5.69 Å². The molecule has 0 fully saturated rings. The molecule has 0 aliphatic carbocycles. The Bertz CT molecular complexity index is 952. The number of amides is 1. The molecule has 0 bridgehead atoms. The number of aryl methyl sites for hydroxylation is 1. The zero-order chi connectivity index (χ0) is 17.3. The quantitative estimate of drug-likeness (QED) is 0.580. The van der Waals surface area contributed by atoms with E-state index < -0.39 is 4.92 Å². The van der Waals surface area contributed by atoms with E-state index in [9.17, 15) is 14.9 Å². The predicted octanol–water partition coefficient (Wildman–Crippen LogP) is 3.39. The number of nitrogens with zero attached hydrogens (tertiary/aromatic N) is 3. The SMILES string of the molecule is Cc1cccn2cc(CC(=O)Nc3ccc(Cl)cc3[N+](=O)[O-])nc12. The first-order chi connectivity index (χ1) is 11.4. The van der Waals surface area contributed by atoms with Gasteiger partial charge in [0.15, 0.2) is 0 Å². The van der Waals surface area contributed by atoms with Gasteiger partial charge >= 0.3 is 0 Å². The molecule has 1 aromatic carbocycles. The van der Waals surface area contributed by atoms with Gasteiger partial charge in [-0.15, -0.1) is 0 Å². The molecule has 1 amide bonds. The molecule has 8 heteroatoms. The van der Waals surface area contributed by atoms with Crippen molar-refractivity contribution in [3.63, 3.8) is 0 Å². The van der Waals surface area contributed by atoms with Crippen LogP contribution in [-0.2, 0) is 11.2 Å². The third-order valence-electron chi connectivity index (χ3n) is 3.50. The van der Waals surface area contributed by atoms with Gasteiger partial charge in [0, 0.05) is 23.5 Å². The maximum Gasteiger partial charge on any atom is 0.294 e. The van der Waals surface area contributed by atoms with E-state index in [0.29, 0.717) is 5.69 Å². The number of anilines is 1. The number of aromatic nitrogens is 2. The number of fused-ring (bicyclic) bond motifs is 1. The summed E-state index contributed by atoms with van der Waals surface area (Å²) in [6.45, 7) is 1.93. The summed E-state index contributed by atoms with van der Waals surface area (Å²) in [6.07, 6.45) is 3.62. The lowest BCUT2D eigenvalue weighted by Crippen LogP contribution is -2.15. The standard InChI is InChI=1S/C16H13ClN4O3/c1-10-3-2-6-20-9-12(18-16(10)20)8-15(22)19-13-5-4-11(17)7-14(13)21(23)24/h2-7,9H,8H2,1H3,(H,19,22). The minimum absolute atomic E-state index is 0.0148. The Kier molecular flexibility index (Phi) is 4.18. The third-order valence-corrected chi connectivity index (χ3v) is 3.74. The van der Waals surface area contributed by atoms with E-state index in [2.05, 4.69) is 10.3 Å². The molecule has 122 valence electrons. The van der Waals surface area contributed by atoms with Gasteiger partial charge in [0.1, 0.15) is 11.3 Å². The maximum absolute atomic E-state index is 12.2. The summed E-state index contributed by atoms with van der Waals surface area (Å²) in [7, 11) is 0. The molecule has 0 aliphatic heterocycles. The van der Waals surface area contributed by atoms with Crippen LogP contribution in [0, 0.1) is 17.0 Å². The highest BCUT2D eigenvalue weighted by Gasteiger charge is 2.17. The zero-order valence-electron chi connectivity index (χ0n) is 12.7. The molecular formula is C16H13ClN4O3. The maximum atomic E-state index is 12.2. The van der Waals surface area contributed by atoms with E-state index in [-0.39, 0.29) is 28.7 Å². The summed E-state index contributed by atoms with van der Waals surface area (Å²) in [5, 5.41) is 13.8. The molecule has 0 spiro atoms. The predicted molar refractivity (Wildman–Crippen MR) is 90.4 cm³/mol. The minimum Gasteiger partial charge on any atom is -0.320 e. The summed E-state index contributed by atoms with van der Waals surface area (Å²) in [4.78, 5) is 27.1. The second kappa shape index (κ2) is 6.29. The lowest BCUT2D eigenvalue weighted by Gasteiger charge is -2.05. The van der Waals surface area contributed by atoms with Crippen LogP contribution in [0.15, 0.2) is 42.7 Å². The van der Waals surface area contributed by atoms with Gasteiger partial charge in [-0.2, -0.15) is 0 Å². The van der Waals surface area contributed by atoms with Crippen molar-refractivity contribution in [3.8, 4) is 0 Å². The lowest BCUT2D eigenvalue weighted by molar-refractivity contribution is -0.383. The zero-order valence-corrected chi connectivity index (χ0v) is 13.4. The number of imidazole rings is 1. The van der Waals surface area contributed by atoms with Crippen molar-refractivity contribution in [2.45, 2.75) is 13.3 Å². The number of nitro benzene ring substituents is 1. The number of carbonyl (C=O) groups excluding carboxylic acids is 1. The second-order valence-corrected chi connectivity index (χ2v) is 5.73. The van der Waals surface area contributed by atoms with Crippen LogP contribution < -0.4 is 5.32 Å². The molecular weight excluding hydrogens is 332 g/mol. The summed E-state index contributed by atoms with van der Waals surface area (Å²) < 4.78 is 1.84. The number of carbonyl (C=O) groups is 1. The molecule has 0 saturated carbocycles. The van der Waals surface area contributed by atoms with Crippen LogP contribution in [0.4, 0.5) is 11.4 Å². The first-order valence-corrected chi connectivity index (χ1v) is 7.49. The van der Waals surface area contributed by atoms with Gasteiger partial charge in [0.2, 0.25) is 5.91 Å². The van der Waals surface area contributed by atoms with Crippen molar-refractivity contribution >= 4 is 34.5 Å². The number of halogens is 1. The first kappa shape index (κ1) is 15.9. The van der Waals surface area contributed by atoms with Crippen molar-refractivity contribution in [1.29, 1.82) is 0 Å². The molecule has 2 aromatic heterocycles. The van der Waals surface area contributed by atoms with Crippen molar-refractivity contribution in [2.75, 3.05) is 5.32 Å². The van der Waals surface area contributed by atoms with Crippen LogP contribution in [0.1, 0.15) is 11.3 Å². The van der Waals surface area contributed by atoms with Gasteiger partial charge in [-0.3, -0.25) is 14.9 Å². The largest absolute Gasteiger partial charge is 0.320 e. The highest BCUT2D eigenvalue weighted by Crippen LogP contribution is 2.27. The van der Waals surface area contributed by atoms with E-state index in [4.69, 9.17) is 11.6 Å². The van der Waals surface area contributed by atoms with Crippen molar-refractivity contribution < 1.29 is 9.72 Å². The van der Waals surface area contributed by atoms with E-state index in [1.807, 2.05) is 29.7 Å². The van der Waals surface area contributed by atoms with Gasteiger partial charge < -0.3 is 9.72 Å². The third kappa shape index (κ3) is 3.21. The van der Waals surface area contributed by atoms with Crippen molar-refractivity contribution in [2.24, 2.45) is 0 Å². The number of nitrogens with one attached hydrogen (secondary N) is 1. The Morgan fingerprint density at radius 2 is 2.21 bits per heavy atom. The van der Waals surface area contributed by atoms with Crippen LogP contribution >= 0.6 is 11.6 Å². The van der Waals surface area contributed by atoms with E-state index in [1.54, 1.807) is 6.20 Å². The summed E-state index contributed by atoms with van der Waals surface area (Å²) in [5.41, 5.74) is 2.21. The molecule has 1 N–H and O–H groups in total. The summed E-state index contributed by atoms with van der Waals surface area (Å²) in [5.74, 6) is -0.388. The first-order valence-electron chi connectivity index (χ1n) is 7.11. The fourth-order valence-electron chi connectivity index (χ4n) is 2.41. The number of nitro groups is 1. The average molecular weight is 345 g/mol. The molecule has 0 aliphatic rings. The highest BCUT2D eigenvalue weighted by atomic mass is 35.5. The van der Waals surface area contributed by atoms with Crippen molar-refractivity contribution in [1.82, 2.24) is 9.38 Å². The Hall–Kier alpha value is -2.93. The average Bonchev–Trinajstić information content (AvgIpc) is 2.92. The monoisotopic (exact) mass is 344 g/mol. The van der Waals surface area contributed by atoms with Crippen LogP contribution in [0.3, 0.4) is 0 Å². The molecule has 0 unspecified atom stereocenters. The fraction of sp³-hybridized carbons (Fsp3) is 0.125. The molecule has 0 radical (unpaired) electrons. The highest BCUT2D eigenvalue weighted by molar-refractivity contribution is 6.31. The topological polar surface area (TPSA) is 89.5 Å². The van der Waals surface area contributed by atoms with Crippen LogP contribution in [0.5, 0.6) is 0 Å². The number of hydrogen-bond donors (Lipinski definition) is 1. The van der Waals surface area contributed by atoms with E-state index >= 15 is 0 Å². The van der Waals surface area contributed by atoms with Crippen LogP contribution in [0.2, 0.25) is 5.02 Å². The summed E-state index contributed by atoms with van der Waals surface area (Å²) >= 11 is 5.76. The van der Waals surface area contributed by atoms with Gasteiger partial charge in [0.05, 0.1) is 17.0 Å². The Morgan fingerprint density at radius 3 is 2.92 bits per heavy atom. The fourth-order valence-corrected chi connectivity index (χ4v) is 2.58. The Balaban J connectivity index is 1.80. The molecule has 3 aromatic rings. The van der Waals surface area contributed by atoms with Crippen LogP contribution in [0.25, 0.3) is 5.65 Å². The molecule has 7 nitrogen and oxygen atoms in total. The summed E-state index contributed by atoms with van der Waals surface area (Å²) in [6, 6.07) is 7.92. The smallest absolute Gasteiger partial charge is 0.294 e. The number of benzene rings is 1.